The van der Waals surface area contributed by atoms with Gasteiger partial charge in [0.2, 0.25) is 0 Å². The first-order chi connectivity index (χ1) is 9.83. The van der Waals surface area contributed by atoms with Gasteiger partial charge in [0, 0.05) is 28.9 Å². The van der Waals surface area contributed by atoms with E-state index in [0.29, 0.717) is 15.6 Å². The van der Waals surface area contributed by atoms with Gasteiger partial charge in [-0.3, -0.25) is 9.78 Å². The number of hydrogen-bond donors (Lipinski definition) is 0. The van der Waals surface area contributed by atoms with Crippen molar-refractivity contribution in [3.63, 3.8) is 0 Å². The van der Waals surface area contributed by atoms with Gasteiger partial charge in [-0.1, -0.05) is 12.1 Å². The van der Waals surface area contributed by atoms with Crippen LogP contribution in [0, 0.1) is 0 Å². The fraction of sp³-hybridized carbons (Fsp3) is 0.143. The summed E-state index contributed by atoms with van der Waals surface area (Å²) in [6, 6.07) is 6.83. The number of carbonyl (C=O) groups is 1. The zero-order valence-corrected chi connectivity index (χ0v) is 12.1. The molecule has 7 heteroatoms. The molecule has 0 aliphatic rings. The molecule has 1 heterocycles. The summed E-state index contributed by atoms with van der Waals surface area (Å²) in [4.78, 5) is 15.9. The van der Waals surface area contributed by atoms with Gasteiger partial charge in [0.1, 0.15) is 5.75 Å². The Morgan fingerprint density at radius 3 is 2.43 bits per heavy atom. The van der Waals surface area contributed by atoms with Crippen molar-refractivity contribution in [1.29, 1.82) is 0 Å². The maximum Gasteiger partial charge on any atom is 0.573 e. The standard InChI is InChI=1S/C14H9BrF3NO2/c15-11-6-10(7-19-8-11)13(20)5-9-1-3-12(4-2-9)21-14(16,17)18/h1-4,6-8H,5H2. The van der Waals surface area contributed by atoms with Crippen LogP contribution >= 0.6 is 15.9 Å². The van der Waals surface area contributed by atoms with Crippen LogP contribution in [-0.2, 0) is 6.42 Å². The fourth-order valence-corrected chi connectivity index (χ4v) is 2.03. The van der Waals surface area contributed by atoms with Gasteiger partial charge in [0.05, 0.1) is 0 Å². The highest BCUT2D eigenvalue weighted by atomic mass is 79.9. The summed E-state index contributed by atoms with van der Waals surface area (Å²) in [5, 5.41) is 0. The van der Waals surface area contributed by atoms with E-state index in [1.54, 1.807) is 12.3 Å². The molecule has 0 saturated carbocycles. The number of nitrogens with zero attached hydrogens (tertiary/aromatic N) is 1. The molecule has 2 rings (SSSR count). The third-order valence-electron chi connectivity index (χ3n) is 2.55. The molecule has 1 aromatic carbocycles. The lowest BCUT2D eigenvalue weighted by Crippen LogP contribution is -2.17. The minimum absolute atomic E-state index is 0.0738. The molecule has 0 aliphatic heterocycles. The van der Waals surface area contributed by atoms with Crippen LogP contribution in [0.15, 0.2) is 47.2 Å². The summed E-state index contributed by atoms with van der Waals surface area (Å²) >= 11 is 3.22. The van der Waals surface area contributed by atoms with Gasteiger partial charge in [-0.15, -0.1) is 13.2 Å². The fourth-order valence-electron chi connectivity index (χ4n) is 1.66. The second kappa shape index (κ2) is 6.26. The van der Waals surface area contributed by atoms with Crippen molar-refractivity contribution < 1.29 is 22.7 Å². The number of hydrogen-bond acceptors (Lipinski definition) is 3. The van der Waals surface area contributed by atoms with E-state index in [1.807, 2.05) is 0 Å². The molecule has 0 unspecified atom stereocenters. The van der Waals surface area contributed by atoms with E-state index < -0.39 is 6.36 Å². The monoisotopic (exact) mass is 359 g/mol. The van der Waals surface area contributed by atoms with Gasteiger partial charge in [-0.2, -0.15) is 0 Å². The van der Waals surface area contributed by atoms with Crippen molar-refractivity contribution in [2.45, 2.75) is 12.8 Å². The van der Waals surface area contributed by atoms with Gasteiger partial charge in [-0.25, -0.2) is 0 Å². The number of carbonyl (C=O) groups excluding carboxylic acids is 1. The summed E-state index contributed by atoms with van der Waals surface area (Å²) in [5.74, 6) is -0.490. The average Bonchev–Trinajstić information content (AvgIpc) is 2.39. The lowest BCUT2D eigenvalue weighted by atomic mass is 10.0. The molecular formula is C14H9BrF3NO2. The molecule has 0 fully saturated rings. The molecule has 0 aliphatic carbocycles. The smallest absolute Gasteiger partial charge is 0.406 e. The Hall–Kier alpha value is -1.89. The molecule has 0 bridgehead atoms. The Kier molecular flexibility index (Phi) is 4.62. The summed E-state index contributed by atoms with van der Waals surface area (Å²) in [5.41, 5.74) is 1.02. The Morgan fingerprint density at radius 2 is 1.86 bits per heavy atom. The van der Waals surface area contributed by atoms with Crippen molar-refractivity contribution in [3.8, 4) is 5.75 Å². The quantitative estimate of drug-likeness (QED) is 0.769. The third kappa shape index (κ3) is 4.86. The van der Waals surface area contributed by atoms with E-state index in [4.69, 9.17) is 0 Å². The Balaban J connectivity index is 2.05. The first-order valence-corrected chi connectivity index (χ1v) is 6.61. The molecule has 1 aromatic heterocycles. The zero-order chi connectivity index (χ0) is 15.5. The minimum atomic E-state index is -4.72. The Labute approximate surface area is 126 Å². The number of benzene rings is 1. The second-order valence-electron chi connectivity index (χ2n) is 4.18. The lowest BCUT2D eigenvalue weighted by molar-refractivity contribution is -0.274. The topological polar surface area (TPSA) is 39.2 Å². The van der Waals surface area contributed by atoms with Gasteiger partial charge in [0.15, 0.2) is 5.78 Å². The van der Waals surface area contributed by atoms with Crippen LogP contribution in [0.25, 0.3) is 0 Å². The van der Waals surface area contributed by atoms with Gasteiger partial charge in [-0.05, 0) is 39.7 Å². The lowest BCUT2D eigenvalue weighted by Gasteiger charge is -2.09. The number of aromatic nitrogens is 1. The van der Waals surface area contributed by atoms with Crippen molar-refractivity contribution >= 4 is 21.7 Å². The molecule has 21 heavy (non-hydrogen) atoms. The van der Waals surface area contributed by atoms with Crippen molar-refractivity contribution in [2.24, 2.45) is 0 Å². The third-order valence-corrected chi connectivity index (χ3v) is 2.98. The van der Waals surface area contributed by atoms with Gasteiger partial charge in [0.25, 0.3) is 0 Å². The van der Waals surface area contributed by atoms with E-state index in [1.165, 1.54) is 30.5 Å². The summed E-state index contributed by atoms with van der Waals surface area (Å²) in [6.45, 7) is 0. The van der Waals surface area contributed by atoms with Crippen molar-refractivity contribution in [3.05, 3.63) is 58.3 Å². The molecule has 110 valence electrons. The largest absolute Gasteiger partial charge is 0.573 e. The number of halogens is 4. The van der Waals surface area contributed by atoms with Crippen LogP contribution in [-0.4, -0.2) is 17.1 Å². The molecule has 0 amide bonds. The SMILES string of the molecule is O=C(Cc1ccc(OC(F)(F)F)cc1)c1cncc(Br)c1. The van der Waals surface area contributed by atoms with Crippen LogP contribution in [0.4, 0.5) is 13.2 Å². The maximum absolute atomic E-state index is 12.0. The average molecular weight is 360 g/mol. The molecule has 2 aromatic rings. The zero-order valence-electron chi connectivity index (χ0n) is 10.5. The van der Waals surface area contributed by atoms with E-state index >= 15 is 0 Å². The maximum atomic E-state index is 12.0. The molecule has 0 radical (unpaired) electrons. The van der Waals surface area contributed by atoms with E-state index in [-0.39, 0.29) is 18.0 Å². The number of pyridine rings is 1. The summed E-state index contributed by atoms with van der Waals surface area (Å²) < 4.78 is 40.5. The molecule has 0 atom stereocenters. The Morgan fingerprint density at radius 1 is 1.19 bits per heavy atom. The molecule has 0 N–H and O–H groups in total. The van der Waals surface area contributed by atoms with E-state index in [9.17, 15) is 18.0 Å². The van der Waals surface area contributed by atoms with Gasteiger partial charge < -0.3 is 4.74 Å². The van der Waals surface area contributed by atoms with Crippen LogP contribution in [0.2, 0.25) is 0 Å². The van der Waals surface area contributed by atoms with Crippen molar-refractivity contribution in [1.82, 2.24) is 4.98 Å². The van der Waals surface area contributed by atoms with Crippen LogP contribution in [0.1, 0.15) is 15.9 Å². The summed E-state index contributed by atoms with van der Waals surface area (Å²) in [7, 11) is 0. The first-order valence-electron chi connectivity index (χ1n) is 5.82. The van der Waals surface area contributed by atoms with Crippen LogP contribution in [0.5, 0.6) is 5.75 Å². The second-order valence-corrected chi connectivity index (χ2v) is 5.10. The normalized spacial score (nSPS) is 11.2. The number of rotatable bonds is 4. The van der Waals surface area contributed by atoms with E-state index in [0.717, 1.165) is 0 Å². The number of ketones is 1. The highest BCUT2D eigenvalue weighted by Crippen LogP contribution is 2.23. The predicted molar refractivity (Wildman–Crippen MR) is 73.1 cm³/mol. The highest BCUT2D eigenvalue weighted by Gasteiger charge is 2.30. The van der Waals surface area contributed by atoms with Crippen molar-refractivity contribution in [2.75, 3.05) is 0 Å². The number of alkyl halides is 3. The van der Waals surface area contributed by atoms with Gasteiger partial charge >= 0.3 is 6.36 Å². The molecule has 3 nitrogen and oxygen atoms in total. The number of Topliss-reactive ketones (excluding diaryl/α,β-unsaturated/α-hetero) is 1. The van der Waals surface area contributed by atoms with Crippen LogP contribution in [0.3, 0.4) is 0 Å². The number of ether oxygens (including phenoxy) is 1. The summed E-state index contributed by atoms with van der Waals surface area (Å²) in [6.07, 6.45) is -1.65. The first kappa shape index (κ1) is 15.5. The van der Waals surface area contributed by atoms with E-state index in [2.05, 4.69) is 25.7 Å². The Bertz CT molecular complexity index is 641. The molecular weight excluding hydrogens is 351 g/mol. The molecule has 0 saturated heterocycles. The molecule has 0 spiro atoms. The van der Waals surface area contributed by atoms with Crippen LogP contribution < -0.4 is 4.74 Å². The highest BCUT2D eigenvalue weighted by molar-refractivity contribution is 9.10. The minimum Gasteiger partial charge on any atom is -0.406 e. The predicted octanol–water partition coefficient (Wildman–Crippen LogP) is 4.17.